The largest absolute Gasteiger partial charge is 0.497 e. The number of ether oxygens (including phenoxy) is 1. The van der Waals surface area contributed by atoms with Crippen LogP contribution < -0.4 is 20.9 Å². The summed E-state index contributed by atoms with van der Waals surface area (Å²) < 4.78 is 5.04. The number of hydrazine groups is 1. The van der Waals surface area contributed by atoms with Gasteiger partial charge in [0.15, 0.2) is 0 Å². The first-order chi connectivity index (χ1) is 14.4. The molecule has 2 aromatic carbocycles. The van der Waals surface area contributed by atoms with Gasteiger partial charge in [0.1, 0.15) is 12.1 Å². The van der Waals surface area contributed by atoms with Gasteiger partial charge in [0.25, 0.3) is 5.91 Å². The van der Waals surface area contributed by atoms with Gasteiger partial charge in [0.05, 0.1) is 12.0 Å². The molecule has 0 aliphatic carbocycles. The van der Waals surface area contributed by atoms with Gasteiger partial charge in [-0.25, -0.2) is 9.97 Å². The second-order valence-electron chi connectivity index (χ2n) is 6.07. The first-order valence-corrected chi connectivity index (χ1v) is 9.00. The number of benzene rings is 2. The summed E-state index contributed by atoms with van der Waals surface area (Å²) in [5.74, 6) is -0.156. The topological polar surface area (TPSA) is 131 Å². The molecule has 0 radical (unpaired) electrons. The number of aromatic nitrogens is 2. The zero-order valence-corrected chi connectivity index (χ0v) is 16.7. The zero-order chi connectivity index (χ0) is 21.7. The van der Waals surface area contributed by atoms with Gasteiger partial charge in [-0.1, -0.05) is 17.7 Å². The molecule has 10 nitrogen and oxygen atoms in total. The zero-order valence-electron chi connectivity index (χ0n) is 16.0. The predicted molar refractivity (Wildman–Crippen MR) is 112 cm³/mol. The van der Waals surface area contributed by atoms with Crippen LogP contribution in [-0.2, 0) is 0 Å². The van der Waals surface area contributed by atoms with E-state index in [-0.39, 0.29) is 11.6 Å². The number of hydrogen-bond donors (Lipinski definition) is 3. The summed E-state index contributed by atoms with van der Waals surface area (Å²) in [5.41, 5.74) is 6.13. The molecule has 30 heavy (non-hydrogen) atoms. The fraction of sp³-hybridized carbons (Fsp3) is 0.105. The van der Waals surface area contributed by atoms with E-state index in [0.29, 0.717) is 22.0 Å². The van der Waals surface area contributed by atoms with Crippen molar-refractivity contribution in [2.75, 3.05) is 17.9 Å². The van der Waals surface area contributed by atoms with Crippen LogP contribution in [-0.4, -0.2) is 27.9 Å². The molecule has 0 fully saturated rings. The summed E-state index contributed by atoms with van der Waals surface area (Å²) in [6.45, 7) is 1.84. The summed E-state index contributed by atoms with van der Waals surface area (Å²) in [4.78, 5) is 31.1. The van der Waals surface area contributed by atoms with Gasteiger partial charge in [0.2, 0.25) is 11.6 Å². The lowest BCUT2D eigenvalue weighted by molar-refractivity contribution is -0.383. The van der Waals surface area contributed by atoms with E-state index in [0.717, 1.165) is 11.9 Å². The van der Waals surface area contributed by atoms with E-state index in [9.17, 15) is 14.9 Å². The number of carbonyl (C=O) groups is 1. The van der Waals surface area contributed by atoms with Crippen molar-refractivity contribution in [1.29, 1.82) is 0 Å². The predicted octanol–water partition coefficient (Wildman–Crippen LogP) is 3.86. The van der Waals surface area contributed by atoms with Crippen molar-refractivity contribution in [3.63, 3.8) is 0 Å². The number of nitrogens with one attached hydrogen (secondary N) is 3. The molecular formula is C19H17ClN6O4. The lowest BCUT2D eigenvalue weighted by Crippen LogP contribution is -2.30. The molecule has 0 spiro atoms. The maximum absolute atomic E-state index is 12.3. The van der Waals surface area contributed by atoms with Crippen LogP contribution in [0.5, 0.6) is 5.75 Å². The highest BCUT2D eigenvalue weighted by atomic mass is 35.5. The number of nitrogens with zero attached hydrogens (tertiary/aromatic N) is 3. The molecule has 0 bridgehead atoms. The molecule has 0 saturated heterocycles. The third kappa shape index (κ3) is 4.73. The summed E-state index contributed by atoms with van der Waals surface area (Å²) in [5, 5.41) is 15.0. The van der Waals surface area contributed by atoms with Gasteiger partial charge >= 0.3 is 5.69 Å². The van der Waals surface area contributed by atoms with E-state index in [1.165, 1.54) is 7.11 Å². The Bertz CT molecular complexity index is 1090. The van der Waals surface area contributed by atoms with Gasteiger partial charge < -0.3 is 10.1 Å². The first kappa shape index (κ1) is 20.8. The monoisotopic (exact) mass is 428 g/mol. The standard InChI is InChI=1S/C19H17ClN6O4/c1-11-3-6-13(9-15(11)20)23-17-16(26(28)29)18(22-10-21-17)24-25-19(27)12-4-7-14(30-2)8-5-12/h3-10H,1-2H3,(H,25,27)(H2,21,22,23,24). The molecule has 0 aliphatic heterocycles. The molecule has 154 valence electrons. The Balaban J connectivity index is 1.80. The number of halogens is 1. The van der Waals surface area contributed by atoms with Crippen LogP contribution in [0.15, 0.2) is 48.8 Å². The van der Waals surface area contributed by atoms with Crippen molar-refractivity contribution in [2.24, 2.45) is 0 Å². The van der Waals surface area contributed by atoms with Crippen molar-refractivity contribution in [1.82, 2.24) is 15.4 Å². The summed E-state index contributed by atoms with van der Waals surface area (Å²) in [6, 6.07) is 11.5. The van der Waals surface area contributed by atoms with Crippen LogP contribution in [0.2, 0.25) is 5.02 Å². The number of amides is 1. The number of aryl methyl sites for hydroxylation is 1. The molecular weight excluding hydrogens is 412 g/mol. The fourth-order valence-corrected chi connectivity index (χ4v) is 2.65. The Kier molecular flexibility index (Phi) is 6.28. The van der Waals surface area contributed by atoms with Crippen LogP contribution in [0.3, 0.4) is 0 Å². The highest BCUT2D eigenvalue weighted by molar-refractivity contribution is 6.31. The van der Waals surface area contributed by atoms with Crippen LogP contribution in [0.4, 0.5) is 23.0 Å². The number of carbonyl (C=O) groups excluding carboxylic acids is 1. The molecule has 11 heteroatoms. The van der Waals surface area contributed by atoms with Crippen LogP contribution in [0, 0.1) is 17.0 Å². The van der Waals surface area contributed by atoms with Gasteiger partial charge in [-0.05, 0) is 48.9 Å². The normalized spacial score (nSPS) is 10.2. The van der Waals surface area contributed by atoms with E-state index >= 15 is 0 Å². The third-order valence-electron chi connectivity index (χ3n) is 4.09. The van der Waals surface area contributed by atoms with Gasteiger partial charge in [-0.2, -0.15) is 0 Å². The molecule has 0 aliphatic rings. The maximum Gasteiger partial charge on any atom is 0.355 e. The van der Waals surface area contributed by atoms with Crippen molar-refractivity contribution in [2.45, 2.75) is 6.92 Å². The SMILES string of the molecule is COc1ccc(C(=O)NNc2ncnc(Nc3ccc(C)c(Cl)c3)c2[N+](=O)[O-])cc1. The number of anilines is 3. The van der Waals surface area contributed by atoms with Gasteiger partial charge in [-0.15, -0.1) is 0 Å². The Morgan fingerprint density at radius 2 is 1.83 bits per heavy atom. The third-order valence-corrected chi connectivity index (χ3v) is 4.49. The van der Waals surface area contributed by atoms with Crippen LogP contribution in [0.1, 0.15) is 15.9 Å². The lowest BCUT2D eigenvalue weighted by atomic mass is 10.2. The lowest BCUT2D eigenvalue weighted by Gasteiger charge is -2.11. The minimum absolute atomic E-state index is 0.0592. The Morgan fingerprint density at radius 1 is 1.13 bits per heavy atom. The highest BCUT2D eigenvalue weighted by Gasteiger charge is 2.24. The van der Waals surface area contributed by atoms with Crippen molar-refractivity contribution < 1.29 is 14.5 Å². The Hall–Kier alpha value is -3.92. The second kappa shape index (κ2) is 9.05. The number of nitro groups is 1. The number of hydrogen-bond acceptors (Lipinski definition) is 8. The second-order valence-corrected chi connectivity index (χ2v) is 6.48. The van der Waals surface area contributed by atoms with Gasteiger partial charge in [-0.3, -0.25) is 25.8 Å². The first-order valence-electron chi connectivity index (χ1n) is 8.62. The fourth-order valence-electron chi connectivity index (χ4n) is 2.47. The van der Waals surface area contributed by atoms with Crippen molar-refractivity contribution >= 4 is 40.5 Å². The van der Waals surface area contributed by atoms with Crippen molar-refractivity contribution in [3.05, 3.63) is 75.1 Å². The molecule has 3 N–H and O–H groups in total. The molecule has 0 unspecified atom stereocenters. The maximum atomic E-state index is 12.3. The minimum atomic E-state index is -0.653. The smallest absolute Gasteiger partial charge is 0.355 e. The quantitative estimate of drug-likeness (QED) is 0.382. The molecule has 0 atom stereocenters. The van der Waals surface area contributed by atoms with E-state index in [1.807, 2.05) is 6.92 Å². The summed E-state index contributed by atoms with van der Waals surface area (Å²) in [6.07, 6.45) is 1.13. The van der Waals surface area contributed by atoms with Crippen molar-refractivity contribution in [3.8, 4) is 5.75 Å². The number of methoxy groups -OCH3 is 1. The van der Waals surface area contributed by atoms with Crippen LogP contribution >= 0.6 is 11.6 Å². The van der Waals surface area contributed by atoms with Gasteiger partial charge in [0, 0.05) is 16.3 Å². The van der Waals surface area contributed by atoms with E-state index in [1.54, 1.807) is 42.5 Å². The molecule has 1 amide bonds. The van der Waals surface area contributed by atoms with E-state index < -0.39 is 16.5 Å². The molecule has 0 saturated carbocycles. The Morgan fingerprint density at radius 3 is 2.47 bits per heavy atom. The Labute approximate surface area is 176 Å². The molecule has 3 aromatic rings. The summed E-state index contributed by atoms with van der Waals surface area (Å²) >= 11 is 6.10. The average Bonchev–Trinajstić information content (AvgIpc) is 2.74. The van der Waals surface area contributed by atoms with E-state index in [4.69, 9.17) is 16.3 Å². The molecule has 1 heterocycles. The number of rotatable bonds is 7. The molecule has 1 aromatic heterocycles. The molecule has 3 rings (SSSR count). The minimum Gasteiger partial charge on any atom is -0.497 e. The average molecular weight is 429 g/mol. The van der Waals surface area contributed by atoms with E-state index in [2.05, 4.69) is 26.1 Å². The van der Waals surface area contributed by atoms with Crippen LogP contribution in [0.25, 0.3) is 0 Å². The summed E-state index contributed by atoms with van der Waals surface area (Å²) in [7, 11) is 1.51. The highest BCUT2D eigenvalue weighted by Crippen LogP contribution is 2.31.